The highest BCUT2D eigenvalue weighted by molar-refractivity contribution is 5.27. The first kappa shape index (κ1) is 14.8. The van der Waals surface area contributed by atoms with Crippen molar-refractivity contribution in [1.29, 1.82) is 0 Å². The molecule has 4 heteroatoms. The van der Waals surface area contributed by atoms with Crippen LogP contribution < -0.4 is 4.74 Å². The standard InChI is InChI=1S/C17H25NO3/c1-20-15-6-4-14(5-7-15)13-18-10-8-17(9-11-18)16(19)3-2-12-21-17/h4-7,16,19H,2-3,8-13H2,1H3/t16-/m0/s1. The van der Waals surface area contributed by atoms with Crippen LogP contribution in [0.1, 0.15) is 31.2 Å². The molecule has 1 aromatic rings. The molecule has 2 fully saturated rings. The molecule has 3 rings (SSSR count). The first-order valence-corrected chi connectivity index (χ1v) is 7.89. The van der Waals surface area contributed by atoms with E-state index in [4.69, 9.17) is 9.47 Å². The molecule has 21 heavy (non-hydrogen) atoms. The lowest BCUT2D eigenvalue weighted by Crippen LogP contribution is -2.55. The lowest BCUT2D eigenvalue weighted by molar-refractivity contribution is -0.177. The molecule has 1 N–H and O–H groups in total. The quantitative estimate of drug-likeness (QED) is 0.927. The van der Waals surface area contributed by atoms with Crippen LogP contribution >= 0.6 is 0 Å². The van der Waals surface area contributed by atoms with Crippen LogP contribution in [0.5, 0.6) is 5.75 Å². The van der Waals surface area contributed by atoms with Gasteiger partial charge in [-0.1, -0.05) is 12.1 Å². The molecule has 1 atom stereocenters. The largest absolute Gasteiger partial charge is 0.497 e. The normalized spacial score (nSPS) is 25.9. The molecule has 0 unspecified atom stereocenters. The van der Waals surface area contributed by atoms with Crippen LogP contribution in [-0.2, 0) is 11.3 Å². The second kappa shape index (κ2) is 6.34. The van der Waals surface area contributed by atoms with Gasteiger partial charge in [-0.25, -0.2) is 0 Å². The summed E-state index contributed by atoms with van der Waals surface area (Å²) in [6.07, 6.45) is 3.46. The zero-order chi connectivity index (χ0) is 14.7. The van der Waals surface area contributed by atoms with Gasteiger partial charge in [-0.3, -0.25) is 4.90 Å². The predicted molar refractivity (Wildman–Crippen MR) is 81.4 cm³/mol. The predicted octanol–water partition coefficient (Wildman–Crippen LogP) is 2.20. The van der Waals surface area contributed by atoms with E-state index < -0.39 is 0 Å². The summed E-state index contributed by atoms with van der Waals surface area (Å²) in [7, 11) is 1.69. The Morgan fingerprint density at radius 1 is 1.29 bits per heavy atom. The number of methoxy groups -OCH3 is 1. The number of rotatable bonds is 3. The van der Waals surface area contributed by atoms with Gasteiger partial charge in [0.05, 0.1) is 18.8 Å². The molecule has 1 spiro atoms. The Kier molecular flexibility index (Phi) is 4.48. The molecule has 1 aromatic carbocycles. The lowest BCUT2D eigenvalue weighted by Gasteiger charge is -2.46. The Morgan fingerprint density at radius 2 is 2.00 bits per heavy atom. The summed E-state index contributed by atoms with van der Waals surface area (Å²) in [5, 5.41) is 10.3. The average Bonchev–Trinajstić information content (AvgIpc) is 2.53. The van der Waals surface area contributed by atoms with Gasteiger partial charge in [0.1, 0.15) is 5.75 Å². The molecule has 2 aliphatic rings. The van der Waals surface area contributed by atoms with Crippen LogP contribution in [0.3, 0.4) is 0 Å². The van der Waals surface area contributed by atoms with Crippen molar-refractivity contribution in [2.75, 3.05) is 26.8 Å². The molecule has 2 saturated heterocycles. The highest BCUT2D eigenvalue weighted by atomic mass is 16.5. The summed E-state index contributed by atoms with van der Waals surface area (Å²) in [6, 6.07) is 8.26. The topological polar surface area (TPSA) is 41.9 Å². The molecule has 116 valence electrons. The molecule has 0 aromatic heterocycles. The summed E-state index contributed by atoms with van der Waals surface area (Å²) >= 11 is 0. The van der Waals surface area contributed by atoms with Crippen molar-refractivity contribution in [3.63, 3.8) is 0 Å². The smallest absolute Gasteiger partial charge is 0.118 e. The second-order valence-corrected chi connectivity index (χ2v) is 6.20. The zero-order valence-corrected chi connectivity index (χ0v) is 12.8. The number of nitrogens with zero attached hydrogens (tertiary/aromatic N) is 1. The van der Waals surface area contributed by atoms with E-state index in [-0.39, 0.29) is 11.7 Å². The van der Waals surface area contributed by atoms with Crippen molar-refractivity contribution in [1.82, 2.24) is 4.90 Å². The Bertz CT molecular complexity index is 452. The van der Waals surface area contributed by atoms with Crippen molar-refractivity contribution in [3.05, 3.63) is 29.8 Å². The molecule has 4 nitrogen and oxygen atoms in total. The first-order valence-electron chi connectivity index (χ1n) is 7.89. The maximum absolute atomic E-state index is 10.3. The molecule has 2 heterocycles. The summed E-state index contributed by atoms with van der Waals surface area (Å²) < 4.78 is 11.1. The fraction of sp³-hybridized carbons (Fsp3) is 0.647. The van der Waals surface area contributed by atoms with Gasteiger partial charge in [-0.15, -0.1) is 0 Å². The van der Waals surface area contributed by atoms with E-state index in [0.717, 1.165) is 57.7 Å². The Morgan fingerprint density at radius 3 is 2.62 bits per heavy atom. The second-order valence-electron chi connectivity index (χ2n) is 6.20. The maximum atomic E-state index is 10.3. The first-order chi connectivity index (χ1) is 10.2. The molecule has 0 bridgehead atoms. The molecule has 0 aliphatic carbocycles. The van der Waals surface area contributed by atoms with E-state index in [0.29, 0.717) is 0 Å². The van der Waals surface area contributed by atoms with E-state index in [9.17, 15) is 5.11 Å². The van der Waals surface area contributed by atoms with Gasteiger partial charge in [-0.05, 0) is 43.4 Å². The van der Waals surface area contributed by atoms with Crippen LogP contribution in [0.25, 0.3) is 0 Å². The van der Waals surface area contributed by atoms with Crippen molar-refractivity contribution in [2.24, 2.45) is 0 Å². The highest BCUT2D eigenvalue weighted by Gasteiger charge is 2.43. The molecule has 2 aliphatic heterocycles. The van der Waals surface area contributed by atoms with Crippen molar-refractivity contribution >= 4 is 0 Å². The van der Waals surface area contributed by atoms with Gasteiger partial charge in [0.25, 0.3) is 0 Å². The third kappa shape index (κ3) is 3.23. The van der Waals surface area contributed by atoms with Crippen molar-refractivity contribution in [2.45, 2.75) is 43.9 Å². The van der Waals surface area contributed by atoms with Gasteiger partial charge in [0.2, 0.25) is 0 Å². The van der Waals surface area contributed by atoms with Gasteiger partial charge >= 0.3 is 0 Å². The van der Waals surface area contributed by atoms with E-state index in [2.05, 4.69) is 17.0 Å². The van der Waals surface area contributed by atoms with Crippen LogP contribution in [-0.4, -0.2) is 48.5 Å². The summed E-state index contributed by atoms with van der Waals surface area (Å²) in [5.74, 6) is 0.898. The molecule has 0 radical (unpaired) electrons. The molecule has 0 amide bonds. The molecular formula is C17H25NO3. The minimum Gasteiger partial charge on any atom is -0.497 e. The highest BCUT2D eigenvalue weighted by Crippen LogP contribution is 2.35. The number of hydrogen-bond donors (Lipinski definition) is 1. The maximum Gasteiger partial charge on any atom is 0.118 e. The van der Waals surface area contributed by atoms with Crippen LogP contribution in [0.4, 0.5) is 0 Å². The number of benzene rings is 1. The van der Waals surface area contributed by atoms with E-state index in [1.54, 1.807) is 7.11 Å². The Balaban J connectivity index is 1.55. The van der Waals surface area contributed by atoms with Crippen LogP contribution in [0, 0.1) is 0 Å². The summed E-state index contributed by atoms with van der Waals surface area (Å²) in [4.78, 5) is 2.44. The minimum absolute atomic E-state index is 0.269. The third-order valence-electron chi connectivity index (χ3n) is 4.89. The third-order valence-corrected chi connectivity index (χ3v) is 4.89. The van der Waals surface area contributed by atoms with Crippen molar-refractivity contribution < 1.29 is 14.6 Å². The van der Waals surface area contributed by atoms with Gasteiger partial charge in [0, 0.05) is 26.2 Å². The summed E-state index contributed by atoms with van der Waals surface area (Å²) in [5.41, 5.74) is 1.03. The average molecular weight is 291 g/mol. The zero-order valence-electron chi connectivity index (χ0n) is 12.8. The van der Waals surface area contributed by atoms with Gasteiger partial charge in [-0.2, -0.15) is 0 Å². The van der Waals surface area contributed by atoms with E-state index in [1.807, 2.05) is 12.1 Å². The minimum atomic E-state index is -0.283. The fourth-order valence-corrected chi connectivity index (χ4v) is 3.47. The number of aliphatic hydroxyl groups excluding tert-OH is 1. The molecule has 0 saturated carbocycles. The van der Waals surface area contributed by atoms with Gasteiger partial charge < -0.3 is 14.6 Å². The SMILES string of the molecule is COc1ccc(CN2CCC3(CC2)OCCC[C@@H]3O)cc1. The van der Waals surface area contributed by atoms with Crippen LogP contribution in [0.2, 0.25) is 0 Å². The number of piperidine rings is 1. The number of aliphatic hydroxyl groups is 1. The monoisotopic (exact) mass is 291 g/mol. The van der Waals surface area contributed by atoms with E-state index in [1.165, 1.54) is 5.56 Å². The Hall–Kier alpha value is -1.10. The number of hydrogen-bond acceptors (Lipinski definition) is 4. The van der Waals surface area contributed by atoms with Gasteiger partial charge in [0.15, 0.2) is 0 Å². The summed E-state index contributed by atoms with van der Waals surface area (Å²) in [6.45, 7) is 3.73. The molecular weight excluding hydrogens is 266 g/mol. The van der Waals surface area contributed by atoms with Crippen LogP contribution in [0.15, 0.2) is 24.3 Å². The number of ether oxygens (including phenoxy) is 2. The Labute approximate surface area is 126 Å². The number of likely N-dealkylation sites (tertiary alicyclic amines) is 1. The van der Waals surface area contributed by atoms with Crippen molar-refractivity contribution in [3.8, 4) is 5.75 Å². The van der Waals surface area contributed by atoms with E-state index >= 15 is 0 Å². The fourth-order valence-electron chi connectivity index (χ4n) is 3.47. The lowest BCUT2D eigenvalue weighted by atomic mass is 9.82.